The van der Waals surface area contributed by atoms with Crippen molar-refractivity contribution in [3.8, 4) is 5.75 Å². The fourth-order valence-corrected chi connectivity index (χ4v) is 2.77. The maximum absolute atomic E-state index is 5.54. The second-order valence-corrected chi connectivity index (χ2v) is 5.05. The number of benzene rings is 1. The first-order chi connectivity index (χ1) is 8.81. The van der Waals surface area contributed by atoms with Gasteiger partial charge in [-0.25, -0.2) is 0 Å². The molecule has 0 bridgehead atoms. The number of piperidine rings is 1. The van der Waals surface area contributed by atoms with Gasteiger partial charge in [0.1, 0.15) is 5.75 Å². The molecule has 0 unspecified atom stereocenters. The molecule has 18 heavy (non-hydrogen) atoms. The highest BCUT2D eigenvalue weighted by atomic mass is 16.5. The summed E-state index contributed by atoms with van der Waals surface area (Å²) in [4.78, 5) is 0. The molecular formula is C15H20N2O. The first-order valence-corrected chi connectivity index (χ1v) is 6.76. The average molecular weight is 244 g/mol. The van der Waals surface area contributed by atoms with E-state index < -0.39 is 0 Å². The quantitative estimate of drug-likeness (QED) is 0.839. The van der Waals surface area contributed by atoms with Crippen LogP contribution in [0.25, 0.3) is 6.08 Å². The molecule has 0 aromatic heterocycles. The number of hydrogen-bond acceptors (Lipinski definition) is 3. The summed E-state index contributed by atoms with van der Waals surface area (Å²) >= 11 is 0. The molecule has 0 atom stereocenters. The third-order valence-corrected chi connectivity index (χ3v) is 3.80. The second kappa shape index (κ2) is 4.65. The largest absolute Gasteiger partial charge is 0.494 e. The van der Waals surface area contributed by atoms with Crippen molar-refractivity contribution in [3.63, 3.8) is 0 Å². The van der Waals surface area contributed by atoms with Crippen molar-refractivity contribution in [2.75, 3.05) is 25.0 Å². The monoisotopic (exact) mass is 244 g/mol. The molecule has 2 heterocycles. The maximum atomic E-state index is 5.54. The molecule has 1 fully saturated rings. The molecule has 96 valence electrons. The van der Waals surface area contributed by atoms with Gasteiger partial charge in [0, 0.05) is 11.3 Å². The lowest BCUT2D eigenvalue weighted by Crippen LogP contribution is -2.47. The predicted octanol–water partition coefficient (Wildman–Crippen LogP) is 2.65. The van der Waals surface area contributed by atoms with E-state index in [1.165, 1.54) is 11.3 Å². The Kier molecular flexibility index (Phi) is 3.00. The molecule has 2 aliphatic rings. The van der Waals surface area contributed by atoms with Gasteiger partial charge < -0.3 is 15.4 Å². The van der Waals surface area contributed by atoms with Crippen molar-refractivity contribution in [2.24, 2.45) is 0 Å². The van der Waals surface area contributed by atoms with Crippen molar-refractivity contribution in [1.82, 2.24) is 5.32 Å². The third kappa shape index (κ3) is 2.10. The summed E-state index contributed by atoms with van der Waals surface area (Å²) in [6, 6.07) is 6.28. The van der Waals surface area contributed by atoms with Crippen LogP contribution in [0.3, 0.4) is 0 Å². The first-order valence-electron chi connectivity index (χ1n) is 6.76. The smallest absolute Gasteiger partial charge is 0.120 e. The molecule has 3 nitrogen and oxygen atoms in total. The van der Waals surface area contributed by atoms with Gasteiger partial charge in [-0.1, -0.05) is 12.2 Å². The van der Waals surface area contributed by atoms with E-state index in [1.54, 1.807) is 0 Å². The van der Waals surface area contributed by atoms with Gasteiger partial charge in [-0.15, -0.1) is 0 Å². The highest BCUT2D eigenvalue weighted by Gasteiger charge is 2.31. The third-order valence-electron chi connectivity index (χ3n) is 3.80. The number of rotatable bonds is 2. The summed E-state index contributed by atoms with van der Waals surface area (Å²) in [6.07, 6.45) is 6.86. The molecule has 0 radical (unpaired) electrons. The fourth-order valence-electron chi connectivity index (χ4n) is 2.77. The molecule has 1 spiro atoms. The van der Waals surface area contributed by atoms with Gasteiger partial charge in [-0.2, -0.15) is 0 Å². The molecule has 0 saturated carbocycles. The Balaban J connectivity index is 1.86. The predicted molar refractivity (Wildman–Crippen MR) is 75.1 cm³/mol. The van der Waals surface area contributed by atoms with Crippen LogP contribution >= 0.6 is 0 Å². The molecule has 1 saturated heterocycles. The van der Waals surface area contributed by atoms with Gasteiger partial charge in [0.2, 0.25) is 0 Å². The van der Waals surface area contributed by atoms with E-state index in [0.29, 0.717) is 6.61 Å². The average Bonchev–Trinajstić information content (AvgIpc) is 2.40. The molecular weight excluding hydrogens is 224 g/mol. The number of ether oxygens (including phenoxy) is 1. The van der Waals surface area contributed by atoms with Crippen LogP contribution in [0.5, 0.6) is 5.75 Å². The lowest BCUT2D eigenvalue weighted by molar-refractivity contribution is 0.340. The Bertz CT molecular complexity index is 462. The molecule has 1 aromatic rings. The van der Waals surface area contributed by atoms with Gasteiger partial charge in [-0.05, 0) is 51.1 Å². The highest BCUT2D eigenvalue weighted by Crippen LogP contribution is 2.35. The SMILES string of the molecule is CCOc1ccc2c(c1)C=CC1(CCNCC1)N2. The lowest BCUT2D eigenvalue weighted by Gasteiger charge is -2.39. The molecule has 3 rings (SSSR count). The van der Waals surface area contributed by atoms with E-state index in [1.807, 2.05) is 13.0 Å². The van der Waals surface area contributed by atoms with Crippen molar-refractivity contribution < 1.29 is 4.74 Å². The summed E-state index contributed by atoms with van der Waals surface area (Å²) in [5, 5.41) is 7.11. The zero-order chi connectivity index (χ0) is 12.4. The second-order valence-electron chi connectivity index (χ2n) is 5.05. The fraction of sp³-hybridized carbons (Fsp3) is 0.467. The summed E-state index contributed by atoms with van der Waals surface area (Å²) < 4.78 is 5.54. The van der Waals surface area contributed by atoms with Crippen LogP contribution in [0.1, 0.15) is 25.3 Å². The number of hydrogen-bond donors (Lipinski definition) is 2. The molecule has 0 aliphatic carbocycles. The zero-order valence-corrected chi connectivity index (χ0v) is 10.8. The van der Waals surface area contributed by atoms with Gasteiger partial charge in [0.15, 0.2) is 0 Å². The number of anilines is 1. The lowest BCUT2D eigenvalue weighted by atomic mass is 9.84. The molecule has 2 aliphatic heterocycles. The summed E-state index contributed by atoms with van der Waals surface area (Å²) in [5.74, 6) is 0.948. The van der Waals surface area contributed by atoms with Crippen LogP contribution in [-0.4, -0.2) is 25.2 Å². The van der Waals surface area contributed by atoms with Crippen molar-refractivity contribution >= 4 is 11.8 Å². The Morgan fingerprint density at radius 3 is 2.89 bits per heavy atom. The summed E-state index contributed by atoms with van der Waals surface area (Å²) in [6.45, 7) is 4.90. The number of nitrogens with one attached hydrogen (secondary N) is 2. The minimum atomic E-state index is 0.158. The summed E-state index contributed by atoms with van der Waals surface area (Å²) in [5.41, 5.74) is 2.61. The van der Waals surface area contributed by atoms with Crippen LogP contribution < -0.4 is 15.4 Å². The van der Waals surface area contributed by atoms with E-state index in [9.17, 15) is 0 Å². The van der Waals surface area contributed by atoms with E-state index in [4.69, 9.17) is 4.74 Å². The topological polar surface area (TPSA) is 33.3 Å². The van der Waals surface area contributed by atoms with Gasteiger partial charge in [0.25, 0.3) is 0 Å². The minimum Gasteiger partial charge on any atom is -0.494 e. The van der Waals surface area contributed by atoms with Gasteiger partial charge in [0.05, 0.1) is 12.1 Å². The first kappa shape index (κ1) is 11.6. The molecule has 2 N–H and O–H groups in total. The van der Waals surface area contributed by atoms with Crippen LogP contribution in [0, 0.1) is 0 Å². The van der Waals surface area contributed by atoms with Crippen LogP contribution in [0.4, 0.5) is 5.69 Å². The Morgan fingerprint density at radius 1 is 1.28 bits per heavy atom. The van der Waals surface area contributed by atoms with E-state index >= 15 is 0 Å². The minimum absolute atomic E-state index is 0.158. The van der Waals surface area contributed by atoms with E-state index in [-0.39, 0.29) is 5.54 Å². The van der Waals surface area contributed by atoms with Crippen molar-refractivity contribution in [3.05, 3.63) is 29.8 Å². The van der Waals surface area contributed by atoms with Crippen molar-refractivity contribution in [2.45, 2.75) is 25.3 Å². The standard InChI is InChI=1S/C15H20N2O/c1-2-18-13-3-4-14-12(11-13)5-6-15(17-14)7-9-16-10-8-15/h3-6,11,16-17H,2,7-10H2,1H3. The van der Waals surface area contributed by atoms with Crippen LogP contribution in [0.15, 0.2) is 24.3 Å². The Hall–Kier alpha value is -1.48. The maximum Gasteiger partial charge on any atom is 0.120 e. The van der Waals surface area contributed by atoms with E-state index in [2.05, 4.69) is 34.9 Å². The Labute approximate surface area is 108 Å². The van der Waals surface area contributed by atoms with Crippen molar-refractivity contribution in [1.29, 1.82) is 0 Å². The van der Waals surface area contributed by atoms with Gasteiger partial charge in [-0.3, -0.25) is 0 Å². The van der Waals surface area contributed by atoms with Crippen LogP contribution in [-0.2, 0) is 0 Å². The Morgan fingerprint density at radius 2 is 2.11 bits per heavy atom. The van der Waals surface area contributed by atoms with E-state index in [0.717, 1.165) is 31.7 Å². The molecule has 1 aromatic carbocycles. The number of fused-ring (bicyclic) bond motifs is 1. The summed E-state index contributed by atoms with van der Waals surface area (Å²) in [7, 11) is 0. The molecule has 3 heteroatoms. The normalized spacial score (nSPS) is 20.3. The molecule has 0 amide bonds. The zero-order valence-electron chi connectivity index (χ0n) is 10.8. The van der Waals surface area contributed by atoms with Crippen LogP contribution in [0.2, 0.25) is 0 Å². The highest BCUT2D eigenvalue weighted by molar-refractivity contribution is 5.73. The van der Waals surface area contributed by atoms with Gasteiger partial charge >= 0.3 is 0 Å².